The van der Waals surface area contributed by atoms with Crippen LogP contribution in [0.5, 0.6) is 0 Å². The van der Waals surface area contributed by atoms with Crippen LogP contribution >= 0.6 is 11.3 Å². The van der Waals surface area contributed by atoms with Crippen molar-refractivity contribution < 1.29 is 13.6 Å². The first-order valence-electron chi connectivity index (χ1n) is 12.0. The molecule has 1 amide bonds. The lowest BCUT2D eigenvalue weighted by molar-refractivity contribution is -0.115. The van der Waals surface area contributed by atoms with Crippen LogP contribution in [0.1, 0.15) is 4.88 Å². The number of carbonyl (C=O) groups is 1. The van der Waals surface area contributed by atoms with Gasteiger partial charge in [-0.1, -0.05) is 24.3 Å². The molecule has 0 aliphatic heterocycles. The van der Waals surface area contributed by atoms with E-state index in [2.05, 4.69) is 25.7 Å². The fourth-order valence-electron chi connectivity index (χ4n) is 4.25. The van der Waals surface area contributed by atoms with Gasteiger partial charge in [0, 0.05) is 28.0 Å². The highest BCUT2D eigenvalue weighted by molar-refractivity contribution is 7.10. The maximum Gasteiger partial charge on any atom is 0.229 e. The summed E-state index contributed by atoms with van der Waals surface area (Å²) in [6, 6.07) is 21.9. The Morgan fingerprint density at radius 1 is 0.923 bits per heavy atom. The molecule has 6 rings (SSSR count). The molecule has 10 heteroatoms. The van der Waals surface area contributed by atoms with E-state index in [1.807, 2.05) is 35.7 Å². The number of aromatic nitrogens is 4. The Kier molecular flexibility index (Phi) is 6.52. The molecule has 0 saturated heterocycles. The molecule has 4 heterocycles. The van der Waals surface area contributed by atoms with E-state index in [0.717, 1.165) is 4.88 Å². The lowest BCUT2D eigenvalue weighted by Crippen LogP contribution is -2.13. The van der Waals surface area contributed by atoms with Crippen molar-refractivity contribution in [2.24, 2.45) is 0 Å². The topological polar surface area (TPSA) is 84.2 Å². The second-order valence-corrected chi connectivity index (χ2v) is 9.72. The van der Waals surface area contributed by atoms with E-state index in [1.54, 1.807) is 36.5 Å². The first-order chi connectivity index (χ1) is 19.0. The molecule has 39 heavy (non-hydrogen) atoms. The molecule has 192 valence electrons. The van der Waals surface area contributed by atoms with E-state index < -0.39 is 5.82 Å². The molecule has 0 aliphatic rings. The minimum absolute atomic E-state index is 0.129. The zero-order valence-electron chi connectivity index (χ0n) is 20.3. The van der Waals surface area contributed by atoms with E-state index >= 15 is 0 Å². The molecule has 0 unspecified atom stereocenters. The van der Waals surface area contributed by atoms with Gasteiger partial charge in [0.05, 0.1) is 29.4 Å². The van der Waals surface area contributed by atoms with Gasteiger partial charge in [0.15, 0.2) is 0 Å². The third-order valence-electron chi connectivity index (χ3n) is 5.92. The summed E-state index contributed by atoms with van der Waals surface area (Å²) >= 11 is 1.53. The number of nitrogens with zero attached hydrogens (tertiary/aromatic N) is 4. The van der Waals surface area contributed by atoms with Gasteiger partial charge in [-0.25, -0.2) is 23.3 Å². The fourth-order valence-corrected chi connectivity index (χ4v) is 4.96. The number of rotatable bonds is 7. The van der Waals surface area contributed by atoms with Crippen LogP contribution in [-0.2, 0) is 11.2 Å². The number of carbonyl (C=O) groups excluding carboxylic acids is 1. The number of fused-ring (bicyclic) bond motifs is 1. The molecule has 4 aromatic heterocycles. The smallest absolute Gasteiger partial charge is 0.229 e. The lowest BCUT2D eigenvalue weighted by atomic mass is 10.0. The molecule has 0 aliphatic carbocycles. The molecule has 2 N–H and O–H groups in total. The number of hydrogen-bond donors (Lipinski definition) is 2. The Bertz CT molecular complexity index is 1800. The summed E-state index contributed by atoms with van der Waals surface area (Å²) in [5.74, 6) is -0.685. The molecule has 6 aromatic rings. The van der Waals surface area contributed by atoms with Crippen LogP contribution in [0.3, 0.4) is 0 Å². The van der Waals surface area contributed by atoms with Crippen LogP contribution in [0, 0.1) is 11.6 Å². The Morgan fingerprint density at radius 2 is 1.79 bits per heavy atom. The fraction of sp³-hybridized carbons (Fsp3) is 0.0345. The third kappa shape index (κ3) is 5.36. The van der Waals surface area contributed by atoms with Crippen molar-refractivity contribution in [2.75, 3.05) is 10.6 Å². The number of amides is 1. The van der Waals surface area contributed by atoms with Crippen LogP contribution in [0.2, 0.25) is 0 Å². The first kappa shape index (κ1) is 24.4. The van der Waals surface area contributed by atoms with Gasteiger partial charge in [-0.05, 0) is 60.0 Å². The number of thiophene rings is 1. The summed E-state index contributed by atoms with van der Waals surface area (Å²) in [6.45, 7) is 0. The highest BCUT2D eigenvalue weighted by atomic mass is 32.1. The van der Waals surface area contributed by atoms with Gasteiger partial charge in [0.2, 0.25) is 11.9 Å². The van der Waals surface area contributed by atoms with Crippen LogP contribution in [0.4, 0.5) is 26.1 Å². The molecule has 0 fully saturated rings. The molecule has 0 bridgehead atoms. The number of anilines is 3. The lowest BCUT2D eigenvalue weighted by Gasteiger charge is -2.09. The number of pyridine rings is 1. The molecule has 0 radical (unpaired) electrons. The molecule has 0 atom stereocenters. The van der Waals surface area contributed by atoms with Crippen molar-refractivity contribution in [2.45, 2.75) is 6.42 Å². The van der Waals surface area contributed by atoms with Gasteiger partial charge >= 0.3 is 0 Å². The molecule has 2 aromatic carbocycles. The predicted molar refractivity (Wildman–Crippen MR) is 148 cm³/mol. The molecule has 0 saturated carbocycles. The van der Waals surface area contributed by atoms with Crippen molar-refractivity contribution >= 4 is 40.1 Å². The summed E-state index contributed by atoms with van der Waals surface area (Å²) < 4.78 is 29.3. The Labute approximate surface area is 225 Å². The maximum absolute atomic E-state index is 14.1. The summed E-state index contributed by atoms with van der Waals surface area (Å²) in [5, 5.41) is 12.6. The van der Waals surface area contributed by atoms with Crippen molar-refractivity contribution in [3.8, 4) is 22.5 Å². The molecular formula is C29H20F2N6OS. The average Bonchev–Trinajstić information content (AvgIpc) is 3.56. The van der Waals surface area contributed by atoms with Crippen molar-refractivity contribution in [3.05, 3.63) is 113 Å². The highest BCUT2D eigenvalue weighted by Crippen LogP contribution is 2.35. The second-order valence-electron chi connectivity index (χ2n) is 8.69. The molecule has 7 nitrogen and oxygen atoms in total. The summed E-state index contributed by atoms with van der Waals surface area (Å²) in [4.78, 5) is 22.5. The number of benzene rings is 2. The van der Waals surface area contributed by atoms with Gasteiger partial charge in [-0.3, -0.25) is 4.79 Å². The van der Waals surface area contributed by atoms with Crippen molar-refractivity contribution in [1.82, 2.24) is 19.6 Å². The van der Waals surface area contributed by atoms with Crippen molar-refractivity contribution in [3.63, 3.8) is 0 Å². The average molecular weight is 539 g/mol. The number of hydrogen-bond acceptors (Lipinski definition) is 6. The van der Waals surface area contributed by atoms with Crippen LogP contribution < -0.4 is 10.6 Å². The summed E-state index contributed by atoms with van der Waals surface area (Å²) in [6.07, 6.45) is 3.16. The van der Waals surface area contributed by atoms with Gasteiger partial charge in [0.25, 0.3) is 0 Å². The Balaban J connectivity index is 1.38. The molecule has 0 spiro atoms. The zero-order chi connectivity index (χ0) is 26.8. The monoisotopic (exact) mass is 538 g/mol. The SMILES string of the molecule is O=C(Cc1cccs1)Nc1cccc(-c2nn3cc(F)ccc3c2-c2ccnc(Nc3cccc(F)c3)n2)c1. The van der Waals surface area contributed by atoms with E-state index in [4.69, 9.17) is 0 Å². The van der Waals surface area contributed by atoms with E-state index in [9.17, 15) is 13.6 Å². The van der Waals surface area contributed by atoms with Crippen molar-refractivity contribution in [1.29, 1.82) is 0 Å². The largest absolute Gasteiger partial charge is 0.326 e. The summed E-state index contributed by atoms with van der Waals surface area (Å²) in [7, 11) is 0. The van der Waals surface area contributed by atoms with E-state index in [0.29, 0.717) is 39.4 Å². The number of nitrogens with one attached hydrogen (secondary N) is 2. The van der Waals surface area contributed by atoms with Crippen LogP contribution in [0.25, 0.3) is 28.0 Å². The van der Waals surface area contributed by atoms with Crippen LogP contribution in [0.15, 0.2) is 96.6 Å². The second kappa shape index (κ2) is 10.4. The minimum atomic E-state index is -0.436. The van der Waals surface area contributed by atoms with Gasteiger partial charge in [-0.2, -0.15) is 5.10 Å². The van der Waals surface area contributed by atoms with E-state index in [1.165, 1.54) is 40.2 Å². The zero-order valence-corrected chi connectivity index (χ0v) is 21.1. The predicted octanol–water partition coefficient (Wildman–Crippen LogP) is 6.72. The third-order valence-corrected chi connectivity index (χ3v) is 6.80. The first-order valence-corrected chi connectivity index (χ1v) is 12.9. The van der Waals surface area contributed by atoms with Gasteiger partial charge in [-0.15, -0.1) is 11.3 Å². The standard InChI is InChI=1S/C29H20F2N6OS/c30-19-5-2-7-22(15-19)34-29-32-12-11-24(35-29)27-25-10-9-20(31)17-37(25)36-28(27)18-4-1-6-21(14-18)33-26(38)16-23-8-3-13-39-23/h1-15,17H,16H2,(H,33,38)(H,32,34,35). The quantitative estimate of drug-likeness (QED) is 0.236. The normalized spacial score (nSPS) is 11.0. The highest BCUT2D eigenvalue weighted by Gasteiger charge is 2.19. The van der Waals surface area contributed by atoms with Gasteiger partial charge in [0.1, 0.15) is 17.3 Å². The number of halogens is 2. The Morgan fingerprint density at radius 3 is 2.64 bits per heavy atom. The van der Waals surface area contributed by atoms with E-state index in [-0.39, 0.29) is 24.1 Å². The maximum atomic E-state index is 14.1. The summed E-state index contributed by atoms with van der Waals surface area (Å²) in [5.41, 5.74) is 4.19. The Hall–Kier alpha value is -4.96. The minimum Gasteiger partial charge on any atom is -0.326 e. The van der Waals surface area contributed by atoms with Crippen LogP contribution in [-0.4, -0.2) is 25.5 Å². The molecular weight excluding hydrogens is 518 g/mol. The van der Waals surface area contributed by atoms with Gasteiger partial charge < -0.3 is 10.6 Å².